The van der Waals surface area contributed by atoms with Crippen molar-refractivity contribution in [3.63, 3.8) is 0 Å². The van der Waals surface area contributed by atoms with Gasteiger partial charge >= 0.3 is 12.2 Å². The fourth-order valence-corrected chi connectivity index (χ4v) is 2.62. The van der Waals surface area contributed by atoms with Crippen LogP contribution in [0.15, 0.2) is 0 Å². The van der Waals surface area contributed by atoms with Crippen LogP contribution in [0.3, 0.4) is 0 Å². The van der Waals surface area contributed by atoms with Gasteiger partial charge < -0.3 is 30.3 Å². The summed E-state index contributed by atoms with van der Waals surface area (Å²) in [6, 6.07) is -0.631. The SMILES string of the molecule is CC(C)(C)OC(=O)NCCC[C@H](N)C(=O)N1CCN(C(=O)OC(C)(C)C)CC1. The minimum absolute atomic E-state index is 0.138. The predicted octanol–water partition coefficient (Wildman–Crippen LogP) is 1.70. The van der Waals surface area contributed by atoms with Crippen LogP contribution in [-0.2, 0) is 14.3 Å². The molecule has 162 valence electrons. The minimum atomic E-state index is -0.631. The van der Waals surface area contributed by atoms with Gasteiger partial charge in [-0.3, -0.25) is 4.79 Å². The van der Waals surface area contributed by atoms with Crippen LogP contribution in [0.5, 0.6) is 0 Å². The molecule has 1 aliphatic rings. The summed E-state index contributed by atoms with van der Waals surface area (Å²) in [4.78, 5) is 39.4. The molecule has 0 bridgehead atoms. The van der Waals surface area contributed by atoms with E-state index < -0.39 is 23.3 Å². The van der Waals surface area contributed by atoms with Crippen molar-refractivity contribution in [1.29, 1.82) is 0 Å². The third-order valence-corrected chi connectivity index (χ3v) is 3.92. The van der Waals surface area contributed by atoms with Crippen molar-refractivity contribution >= 4 is 18.1 Å². The van der Waals surface area contributed by atoms with E-state index in [0.29, 0.717) is 45.6 Å². The van der Waals surface area contributed by atoms with E-state index >= 15 is 0 Å². The second kappa shape index (κ2) is 9.95. The van der Waals surface area contributed by atoms with Gasteiger partial charge in [0.05, 0.1) is 6.04 Å². The molecule has 0 aromatic heterocycles. The molecule has 0 aliphatic carbocycles. The van der Waals surface area contributed by atoms with Crippen molar-refractivity contribution in [3.8, 4) is 0 Å². The maximum atomic E-state index is 12.5. The van der Waals surface area contributed by atoms with Gasteiger partial charge in [-0.2, -0.15) is 0 Å². The molecule has 1 aliphatic heterocycles. The molecule has 0 aromatic rings. The second-order valence-electron chi connectivity index (χ2n) is 8.97. The predicted molar refractivity (Wildman–Crippen MR) is 106 cm³/mol. The number of hydrogen-bond donors (Lipinski definition) is 2. The Balaban J connectivity index is 2.30. The van der Waals surface area contributed by atoms with Gasteiger partial charge in [0.15, 0.2) is 0 Å². The molecule has 1 heterocycles. The molecule has 1 saturated heterocycles. The number of carbonyl (C=O) groups excluding carboxylic acids is 3. The molecule has 0 unspecified atom stereocenters. The van der Waals surface area contributed by atoms with Crippen molar-refractivity contribution in [2.75, 3.05) is 32.7 Å². The Bertz CT molecular complexity index is 546. The summed E-state index contributed by atoms with van der Waals surface area (Å²) < 4.78 is 10.5. The number of rotatable bonds is 5. The molecular weight excluding hydrogens is 364 g/mol. The van der Waals surface area contributed by atoms with Crippen molar-refractivity contribution in [3.05, 3.63) is 0 Å². The van der Waals surface area contributed by atoms with Crippen molar-refractivity contribution < 1.29 is 23.9 Å². The molecule has 28 heavy (non-hydrogen) atoms. The Kier molecular flexibility index (Phi) is 8.53. The zero-order valence-corrected chi connectivity index (χ0v) is 18.0. The normalized spacial score (nSPS) is 16.4. The topological polar surface area (TPSA) is 114 Å². The summed E-state index contributed by atoms with van der Waals surface area (Å²) >= 11 is 0. The molecule has 9 heteroatoms. The first-order valence-corrected chi connectivity index (χ1v) is 9.77. The Morgan fingerprint density at radius 2 is 1.43 bits per heavy atom. The summed E-state index contributed by atoms with van der Waals surface area (Å²) in [5, 5.41) is 2.65. The smallest absolute Gasteiger partial charge is 0.410 e. The summed E-state index contributed by atoms with van der Waals surface area (Å²) in [6.45, 7) is 13.0. The largest absolute Gasteiger partial charge is 0.444 e. The Morgan fingerprint density at radius 1 is 0.929 bits per heavy atom. The molecule has 3 amide bonds. The molecule has 3 N–H and O–H groups in total. The lowest BCUT2D eigenvalue weighted by Crippen LogP contribution is -2.55. The molecular formula is C19H36N4O5. The number of nitrogens with two attached hydrogens (primary N) is 1. The van der Waals surface area contributed by atoms with Gasteiger partial charge in [-0.25, -0.2) is 9.59 Å². The van der Waals surface area contributed by atoms with Crippen LogP contribution in [0, 0.1) is 0 Å². The van der Waals surface area contributed by atoms with E-state index in [1.807, 2.05) is 20.8 Å². The van der Waals surface area contributed by atoms with Crippen molar-refractivity contribution in [2.24, 2.45) is 5.73 Å². The zero-order valence-electron chi connectivity index (χ0n) is 18.0. The van der Waals surface area contributed by atoms with E-state index in [-0.39, 0.29) is 12.0 Å². The number of piperazine rings is 1. The van der Waals surface area contributed by atoms with Crippen LogP contribution in [-0.4, -0.2) is 77.9 Å². The fraction of sp³-hybridized carbons (Fsp3) is 0.842. The van der Waals surface area contributed by atoms with Gasteiger partial charge in [0, 0.05) is 32.7 Å². The first-order valence-electron chi connectivity index (χ1n) is 9.77. The van der Waals surface area contributed by atoms with E-state index in [1.54, 1.807) is 30.6 Å². The number of hydrogen-bond acceptors (Lipinski definition) is 6. The van der Waals surface area contributed by atoms with Crippen LogP contribution in [0.1, 0.15) is 54.4 Å². The van der Waals surface area contributed by atoms with Crippen LogP contribution in [0.4, 0.5) is 9.59 Å². The number of nitrogens with one attached hydrogen (secondary N) is 1. The molecule has 0 radical (unpaired) electrons. The maximum absolute atomic E-state index is 12.5. The van der Waals surface area contributed by atoms with E-state index in [4.69, 9.17) is 15.2 Å². The van der Waals surface area contributed by atoms with Crippen LogP contribution < -0.4 is 11.1 Å². The zero-order chi connectivity index (χ0) is 21.5. The van der Waals surface area contributed by atoms with Gasteiger partial charge in [0.1, 0.15) is 11.2 Å². The number of alkyl carbamates (subject to hydrolysis) is 1. The quantitative estimate of drug-likeness (QED) is 0.679. The highest BCUT2D eigenvalue weighted by Gasteiger charge is 2.29. The highest BCUT2D eigenvalue weighted by Crippen LogP contribution is 2.13. The minimum Gasteiger partial charge on any atom is -0.444 e. The monoisotopic (exact) mass is 400 g/mol. The lowest BCUT2D eigenvalue weighted by atomic mass is 10.1. The van der Waals surface area contributed by atoms with Gasteiger partial charge in [0.25, 0.3) is 0 Å². The first-order chi connectivity index (χ1) is 12.8. The molecule has 0 saturated carbocycles. The second-order valence-corrected chi connectivity index (χ2v) is 8.97. The number of nitrogens with zero attached hydrogens (tertiary/aromatic N) is 2. The standard InChI is InChI=1S/C19H36N4O5/c1-18(2,3)27-16(25)21-9-7-8-14(20)15(24)22-10-12-23(13-11-22)17(26)28-19(4,5)6/h14H,7-13,20H2,1-6H3,(H,21,25)/t14-/m0/s1. The average Bonchev–Trinajstić information content (AvgIpc) is 2.55. The van der Waals surface area contributed by atoms with E-state index in [1.165, 1.54) is 0 Å². The van der Waals surface area contributed by atoms with Crippen LogP contribution in [0.25, 0.3) is 0 Å². The van der Waals surface area contributed by atoms with E-state index in [9.17, 15) is 14.4 Å². The van der Waals surface area contributed by atoms with Crippen molar-refractivity contribution in [2.45, 2.75) is 71.6 Å². The summed E-state index contributed by atoms with van der Waals surface area (Å²) in [5.74, 6) is -0.138. The van der Waals surface area contributed by atoms with Crippen LogP contribution >= 0.6 is 0 Å². The van der Waals surface area contributed by atoms with Gasteiger partial charge in [-0.15, -0.1) is 0 Å². The Morgan fingerprint density at radius 3 is 1.93 bits per heavy atom. The highest BCUT2D eigenvalue weighted by atomic mass is 16.6. The number of ether oxygens (including phenoxy) is 2. The summed E-state index contributed by atoms with van der Waals surface area (Å²) in [5.41, 5.74) is 4.92. The number of amides is 3. The Labute approximate surface area is 167 Å². The Hall–Kier alpha value is -2.03. The van der Waals surface area contributed by atoms with Gasteiger partial charge in [-0.05, 0) is 54.4 Å². The van der Waals surface area contributed by atoms with E-state index in [0.717, 1.165) is 0 Å². The lowest BCUT2D eigenvalue weighted by Gasteiger charge is -2.36. The van der Waals surface area contributed by atoms with Crippen molar-refractivity contribution in [1.82, 2.24) is 15.1 Å². The fourth-order valence-electron chi connectivity index (χ4n) is 2.62. The number of carbonyl (C=O) groups is 3. The molecule has 1 atom stereocenters. The molecule has 1 fully saturated rings. The molecule has 0 spiro atoms. The molecule has 1 rings (SSSR count). The molecule has 0 aromatic carbocycles. The average molecular weight is 401 g/mol. The van der Waals surface area contributed by atoms with Gasteiger partial charge in [-0.1, -0.05) is 0 Å². The van der Waals surface area contributed by atoms with Crippen LogP contribution in [0.2, 0.25) is 0 Å². The lowest BCUT2D eigenvalue weighted by molar-refractivity contribution is -0.134. The summed E-state index contributed by atoms with van der Waals surface area (Å²) in [7, 11) is 0. The van der Waals surface area contributed by atoms with Gasteiger partial charge in [0.2, 0.25) is 5.91 Å². The third-order valence-electron chi connectivity index (χ3n) is 3.92. The maximum Gasteiger partial charge on any atom is 0.410 e. The molecule has 9 nitrogen and oxygen atoms in total. The first kappa shape index (κ1) is 24.0. The highest BCUT2D eigenvalue weighted by molar-refractivity contribution is 5.82. The third kappa shape index (κ3) is 9.25. The summed E-state index contributed by atoms with van der Waals surface area (Å²) in [6.07, 6.45) is 0.188. The van der Waals surface area contributed by atoms with E-state index in [2.05, 4.69) is 5.32 Å².